The minimum absolute atomic E-state index is 0. The van der Waals surface area contributed by atoms with Gasteiger partial charge in [-0.15, -0.1) is 0 Å². The number of rotatable bonds is 9. The molecule has 9 aromatic carbocycles. The van der Waals surface area contributed by atoms with E-state index in [0.29, 0.717) is 0 Å². The molecule has 0 bridgehead atoms. The van der Waals surface area contributed by atoms with Gasteiger partial charge in [0.2, 0.25) is 0 Å². The van der Waals surface area contributed by atoms with Gasteiger partial charge in [-0.2, -0.15) is 0 Å². The Labute approximate surface area is 411 Å². The zero-order valence-electron chi connectivity index (χ0n) is 33.2. The van der Waals surface area contributed by atoms with Crippen molar-refractivity contribution in [3.05, 3.63) is 273 Å². The molecule has 61 heavy (non-hydrogen) atoms. The van der Waals surface area contributed by atoms with E-state index in [1.54, 1.807) is 0 Å². The molecule has 0 nitrogen and oxygen atoms in total. The van der Waals surface area contributed by atoms with Crippen LogP contribution in [0.3, 0.4) is 0 Å². The van der Waals surface area contributed by atoms with Crippen molar-refractivity contribution < 1.29 is 70.8 Å². The van der Waals surface area contributed by atoms with Crippen LogP contribution >= 0.6 is 23.8 Å². The first kappa shape index (κ1) is 51.8. The molecule has 0 fully saturated rings. The summed E-state index contributed by atoms with van der Waals surface area (Å²) < 4.78 is 0. The van der Waals surface area contributed by atoms with Crippen LogP contribution in [0.5, 0.6) is 0 Å². The van der Waals surface area contributed by atoms with Gasteiger partial charge in [0.15, 0.2) is 0 Å². The van der Waals surface area contributed by atoms with Crippen molar-refractivity contribution in [1.82, 2.24) is 0 Å². The summed E-state index contributed by atoms with van der Waals surface area (Å²) >= 11 is 0. The summed E-state index contributed by atoms with van der Waals surface area (Å²) in [5.41, 5.74) is 0. The molecule has 7 heteroatoms. The van der Waals surface area contributed by atoms with Gasteiger partial charge in [-0.3, -0.25) is 0 Å². The van der Waals surface area contributed by atoms with Gasteiger partial charge >= 0.3 is 58.4 Å². The molecule has 0 unspecified atom stereocenters. The summed E-state index contributed by atoms with van der Waals surface area (Å²) in [6.45, 7) is 0. The molecule has 0 amide bonds. The maximum atomic E-state index is 2.23. The molecule has 0 N–H and O–H groups in total. The molecule has 0 saturated carbocycles. The van der Waals surface area contributed by atoms with Crippen LogP contribution in [0, 0.1) is 0 Å². The van der Waals surface area contributed by atoms with Gasteiger partial charge in [-0.1, -0.05) is 273 Å². The van der Waals surface area contributed by atoms with Crippen LogP contribution in [-0.2, 0) is 58.4 Å². The number of hydrogen-bond donors (Lipinski definition) is 0. The molecular formula is C54H45ClP3Rh3+8. The topological polar surface area (TPSA) is 0 Å². The number of hydrogen-bond acceptors (Lipinski definition) is 0. The maximum absolute atomic E-state index is 2.23. The first-order valence-electron chi connectivity index (χ1n) is 19.2. The molecule has 0 saturated heterocycles. The normalized spacial score (nSPS) is 9.89. The Hall–Kier alpha value is -3.57. The predicted molar refractivity (Wildman–Crippen MR) is 255 cm³/mol. The maximum Gasteiger partial charge on any atom is 3.00 e. The van der Waals surface area contributed by atoms with Crippen molar-refractivity contribution in [1.29, 1.82) is 0 Å². The molecule has 9 aromatic rings. The summed E-state index contributed by atoms with van der Waals surface area (Å²) in [6.07, 6.45) is 0. The standard InChI is InChI=1S/3C18H15P.ClH.3Rh/c3*1-4-10-16(11-5-1)19(17-12-6-2-7-13-17)18-14-8-3-9-15-18;;;;/h3*1-15H;1H;;;/q;;;;3*+3/p-1. The van der Waals surface area contributed by atoms with E-state index in [-0.39, 0.29) is 70.8 Å². The summed E-state index contributed by atoms with van der Waals surface area (Å²) in [5, 5.41) is 12.6. The van der Waals surface area contributed by atoms with Crippen LogP contribution in [0.25, 0.3) is 0 Å². The third kappa shape index (κ3) is 15.3. The van der Waals surface area contributed by atoms with Crippen molar-refractivity contribution in [2.45, 2.75) is 0 Å². The van der Waals surface area contributed by atoms with E-state index in [0.717, 1.165) is 0 Å². The Morgan fingerprint density at radius 2 is 0.230 bits per heavy atom. The van der Waals surface area contributed by atoms with Gasteiger partial charge < -0.3 is 12.4 Å². The van der Waals surface area contributed by atoms with Crippen molar-refractivity contribution in [3.8, 4) is 0 Å². The van der Waals surface area contributed by atoms with Gasteiger partial charge in [0.1, 0.15) is 0 Å². The van der Waals surface area contributed by atoms with E-state index < -0.39 is 23.8 Å². The summed E-state index contributed by atoms with van der Waals surface area (Å²) in [6, 6.07) is 97.0. The van der Waals surface area contributed by atoms with E-state index in [1.165, 1.54) is 47.7 Å². The number of halogens is 1. The molecule has 0 aliphatic carbocycles. The second kappa shape index (κ2) is 28.9. The average molecular weight is 1130 g/mol. The van der Waals surface area contributed by atoms with E-state index in [9.17, 15) is 0 Å². The van der Waals surface area contributed by atoms with Crippen molar-refractivity contribution in [3.63, 3.8) is 0 Å². The molecule has 302 valence electrons. The van der Waals surface area contributed by atoms with Crippen LogP contribution in [0.1, 0.15) is 0 Å². The zero-order chi connectivity index (χ0) is 38.7. The van der Waals surface area contributed by atoms with E-state index in [4.69, 9.17) is 0 Å². The third-order valence-corrected chi connectivity index (χ3v) is 16.5. The van der Waals surface area contributed by atoms with E-state index >= 15 is 0 Å². The molecule has 0 atom stereocenters. The van der Waals surface area contributed by atoms with Gasteiger partial charge in [0.05, 0.1) is 0 Å². The quantitative estimate of drug-likeness (QED) is 0.105. The molecular weight excluding hydrogens is 1090 g/mol. The monoisotopic (exact) mass is 1130 g/mol. The second-order valence-electron chi connectivity index (χ2n) is 13.0. The molecule has 0 aliphatic rings. The summed E-state index contributed by atoms with van der Waals surface area (Å²) in [5.74, 6) is 0. The summed E-state index contributed by atoms with van der Waals surface area (Å²) in [7, 11) is -1.34. The van der Waals surface area contributed by atoms with Crippen molar-refractivity contribution >= 4 is 71.5 Å². The Morgan fingerprint density at radius 1 is 0.148 bits per heavy atom. The Morgan fingerprint density at radius 3 is 0.311 bits per heavy atom. The minimum atomic E-state index is -0.446. The SMILES string of the molecule is [Cl-].[Rh+3].[Rh+3].[Rh+3].c1ccc(P(c2ccccc2)c2ccccc2)cc1.c1ccc(P(c2ccccc2)c2ccccc2)cc1.c1ccc(P(c2ccccc2)c2ccccc2)cc1. The predicted octanol–water partition coefficient (Wildman–Crippen LogP) is 7.33. The van der Waals surface area contributed by atoms with Crippen LogP contribution in [0.4, 0.5) is 0 Å². The molecule has 0 aliphatic heterocycles. The van der Waals surface area contributed by atoms with Crippen LogP contribution < -0.4 is 60.1 Å². The molecule has 9 rings (SSSR count). The fourth-order valence-corrected chi connectivity index (χ4v) is 13.5. The zero-order valence-corrected chi connectivity index (χ0v) is 41.6. The first-order valence-corrected chi connectivity index (χ1v) is 23.2. The van der Waals surface area contributed by atoms with Crippen molar-refractivity contribution in [2.24, 2.45) is 0 Å². The van der Waals surface area contributed by atoms with Gasteiger partial charge in [-0.25, -0.2) is 0 Å². The van der Waals surface area contributed by atoms with Gasteiger partial charge in [0.25, 0.3) is 0 Å². The number of benzene rings is 9. The Balaban J connectivity index is 0.000000236. The largest absolute Gasteiger partial charge is 3.00 e. The molecule has 0 radical (unpaired) electrons. The average Bonchev–Trinajstić information content (AvgIpc) is 3.30. The first-order chi connectivity index (χ1) is 28.3. The van der Waals surface area contributed by atoms with Gasteiger partial charge in [0, 0.05) is 0 Å². The van der Waals surface area contributed by atoms with Crippen LogP contribution in [0.15, 0.2) is 273 Å². The fourth-order valence-electron chi connectivity index (χ4n) is 6.54. The van der Waals surface area contributed by atoms with Crippen molar-refractivity contribution in [2.75, 3.05) is 0 Å². The van der Waals surface area contributed by atoms with Crippen LogP contribution in [-0.4, -0.2) is 0 Å². The van der Waals surface area contributed by atoms with E-state index in [2.05, 4.69) is 273 Å². The smallest absolute Gasteiger partial charge is 1.00 e. The minimum Gasteiger partial charge on any atom is -1.00 e. The van der Waals surface area contributed by atoms with E-state index in [1.807, 2.05) is 0 Å². The molecule has 0 heterocycles. The third-order valence-electron chi connectivity index (χ3n) is 9.13. The van der Waals surface area contributed by atoms with Gasteiger partial charge in [-0.05, 0) is 71.5 Å². The molecule has 0 spiro atoms. The Bertz CT molecular complexity index is 1880. The Kier molecular flexibility index (Phi) is 24.5. The second-order valence-corrected chi connectivity index (χ2v) is 19.7. The summed E-state index contributed by atoms with van der Waals surface area (Å²) in [4.78, 5) is 0. The van der Waals surface area contributed by atoms with Crippen LogP contribution in [0.2, 0.25) is 0 Å². The molecule has 0 aromatic heterocycles. The fraction of sp³-hybridized carbons (Fsp3) is 0.